The molecule has 0 bridgehead atoms. The molecule has 0 amide bonds. The zero-order valence-electron chi connectivity index (χ0n) is 11.7. The van der Waals surface area contributed by atoms with Crippen molar-refractivity contribution in [3.05, 3.63) is 24.1 Å². The van der Waals surface area contributed by atoms with E-state index in [9.17, 15) is 12.8 Å². The number of sulfonamides is 1. The predicted molar refractivity (Wildman–Crippen MR) is 75.2 cm³/mol. The highest BCUT2D eigenvalue weighted by Crippen LogP contribution is 2.28. The standard InChI is InChI=1S/C14H21FN2O2S/c1-2-4-11-6-8-12(9-7-11)17-20(18,19)14-13(15)5-3-10-16-14/h3,5,10-12,17H,2,4,6-9H2,1H3. The minimum Gasteiger partial charge on any atom is -0.241 e. The fourth-order valence-corrected chi connectivity index (χ4v) is 4.13. The molecule has 20 heavy (non-hydrogen) atoms. The molecule has 2 rings (SSSR count). The molecule has 6 heteroatoms. The summed E-state index contributed by atoms with van der Waals surface area (Å²) in [6.45, 7) is 2.17. The van der Waals surface area contributed by atoms with Gasteiger partial charge in [-0.25, -0.2) is 22.5 Å². The molecule has 1 fully saturated rings. The summed E-state index contributed by atoms with van der Waals surface area (Å²) in [4.78, 5) is 3.63. The first-order valence-electron chi connectivity index (χ1n) is 7.15. The first-order valence-corrected chi connectivity index (χ1v) is 8.64. The van der Waals surface area contributed by atoms with Crippen molar-refractivity contribution in [3.8, 4) is 0 Å². The van der Waals surface area contributed by atoms with Gasteiger partial charge in [0.25, 0.3) is 10.0 Å². The van der Waals surface area contributed by atoms with Crippen LogP contribution in [0.1, 0.15) is 45.4 Å². The average molecular weight is 300 g/mol. The third-order valence-corrected chi connectivity index (χ3v) is 5.30. The quantitative estimate of drug-likeness (QED) is 0.909. The first kappa shape index (κ1) is 15.4. The maximum Gasteiger partial charge on any atom is 0.261 e. The molecular formula is C14H21FN2O2S. The van der Waals surface area contributed by atoms with Crippen molar-refractivity contribution in [1.82, 2.24) is 9.71 Å². The van der Waals surface area contributed by atoms with Gasteiger partial charge in [-0.3, -0.25) is 0 Å². The van der Waals surface area contributed by atoms with E-state index in [1.54, 1.807) is 0 Å². The van der Waals surface area contributed by atoms with Crippen LogP contribution in [0.25, 0.3) is 0 Å². The van der Waals surface area contributed by atoms with Crippen LogP contribution < -0.4 is 4.72 Å². The SMILES string of the molecule is CCCC1CCC(NS(=O)(=O)c2ncccc2F)CC1. The molecule has 0 unspecified atom stereocenters. The fraction of sp³-hybridized carbons (Fsp3) is 0.643. The zero-order chi connectivity index (χ0) is 14.6. The molecular weight excluding hydrogens is 279 g/mol. The Balaban J connectivity index is 1.99. The minimum absolute atomic E-state index is 0.102. The van der Waals surface area contributed by atoms with Gasteiger partial charge >= 0.3 is 0 Å². The van der Waals surface area contributed by atoms with Crippen molar-refractivity contribution >= 4 is 10.0 Å². The molecule has 1 N–H and O–H groups in total. The molecule has 112 valence electrons. The number of hydrogen-bond donors (Lipinski definition) is 1. The molecule has 1 saturated carbocycles. The van der Waals surface area contributed by atoms with Crippen LogP contribution in [0.5, 0.6) is 0 Å². The van der Waals surface area contributed by atoms with E-state index >= 15 is 0 Å². The van der Waals surface area contributed by atoms with E-state index < -0.39 is 20.9 Å². The summed E-state index contributed by atoms with van der Waals surface area (Å²) in [5.41, 5.74) is 0. The monoisotopic (exact) mass is 300 g/mol. The molecule has 0 radical (unpaired) electrons. The van der Waals surface area contributed by atoms with E-state index in [2.05, 4.69) is 16.6 Å². The Kier molecular flexibility index (Phi) is 5.10. The van der Waals surface area contributed by atoms with E-state index in [0.717, 1.165) is 31.7 Å². The number of pyridine rings is 1. The molecule has 1 aliphatic carbocycles. The van der Waals surface area contributed by atoms with Gasteiger partial charge in [0.2, 0.25) is 5.03 Å². The second-order valence-electron chi connectivity index (χ2n) is 5.42. The summed E-state index contributed by atoms with van der Waals surface area (Å²) in [6.07, 6.45) is 7.36. The van der Waals surface area contributed by atoms with Crippen molar-refractivity contribution in [2.24, 2.45) is 5.92 Å². The minimum atomic E-state index is -3.86. The normalized spacial score (nSPS) is 23.7. The average Bonchev–Trinajstić information content (AvgIpc) is 2.41. The second kappa shape index (κ2) is 6.63. The lowest BCUT2D eigenvalue weighted by molar-refractivity contribution is 0.297. The van der Waals surface area contributed by atoms with Crippen LogP contribution >= 0.6 is 0 Å². The van der Waals surface area contributed by atoms with Gasteiger partial charge in [0.15, 0.2) is 5.82 Å². The summed E-state index contributed by atoms with van der Waals surface area (Å²) >= 11 is 0. The molecule has 0 saturated heterocycles. The number of nitrogens with one attached hydrogen (secondary N) is 1. The second-order valence-corrected chi connectivity index (χ2v) is 7.05. The number of nitrogens with zero attached hydrogens (tertiary/aromatic N) is 1. The Bertz CT molecular complexity index is 540. The predicted octanol–water partition coefficient (Wildman–Crippen LogP) is 2.86. The number of hydrogen-bond acceptors (Lipinski definition) is 3. The Labute approximate surface area is 119 Å². The van der Waals surface area contributed by atoms with Crippen LogP contribution in [0, 0.1) is 11.7 Å². The lowest BCUT2D eigenvalue weighted by Gasteiger charge is -2.28. The van der Waals surface area contributed by atoms with Gasteiger partial charge in [-0.1, -0.05) is 19.8 Å². The topological polar surface area (TPSA) is 59.1 Å². The maximum atomic E-state index is 13.5. The van der Waals surface area contributed by atoms with Gasteiger partial charge in [-0.05, 0) is 43.7 Å². The van der Waals surface area contributed by atoms with E-state index in [0.29, 0.717) is 5.92 Å². The number of halogens is 1. The maximum absolute atomic E-state index is 13.5. The molecule has 0 aliphatic heterocycles. The van der Waals surface area contributed by atoms with Crippen molar-refractivity contribution in [2.75, 3.05) is 0 Å². The van der Waals surface area contributed by atoms with Gasteiger partial charge in [0.1, 0.15) is 0 Å². The summed E-state index contributed by atoms with van der Waals surface area (Å²) in [5.74, 6) is -0.105. The fourth-order valence-electron chi connectivity index (χ4n) is 2.82. The smallest absolute Gasteiger partial charge is 0.241 e. The Morgan fingerprint density at radius 2 is 2.05 bits per heavy atom. The van der Waals surface area contributed by atoms with Crippen molar-refractivity contribution < 1.29 is 12.8 Å². The van der Waals surface area contributed by atoms with E-state index in [4.69, 9.17) is 0 Å². The molecule has 1 aliphatic rings. The Morgan fingerprint density at radius 3 is 2.65 bits per heavy atom. The Hall–Kier alpha value is -1.01. The highest BCUT2D eigenvalue weighted by atomic mass is 32.2. The van der Waals surface area contributed by atoms with Gasteiger partial charge in [-0.15, -0.1) is 0 Å². The molecule has 1 aromatic heterocycles. The lowest BCUT2D eigenvalue weighted by atomic mass is 9.84. The van der Waals surface area contributed by atoms with Gasteiger partial charge < -0.3 is 0 Å². The molecule has 0 spiro atoms. The van der Waals surface area contributed by atoms with Gasteiger partial charge in [0.05, 0.1) is 0 Å². The Morgan fingerprint density at radius 1 is 1.35 bits per heavy atom. The third kappa shape index (κ3) is 3.76. The van der Waals surface area contributed by atoms with E-state index in [1.807, 2.05) is 0 Å². The van der Waals surface area contributed by atoms with Gasteiger partial charge in [-0.2, -0.15) is 0 Å². The highest BCUT2D eigenvalue weighted by molar-refractivity contribution is 7.89. The highest BCUT2D eigenvalue weighted by Gasteiger charge is 2.27. The van der Waals surface area contributed by atoms with Crippen molar-refractivity contribution in [1.29, 1.82) is 0 Å². The third-order valence-electron chi connectivity index (χ3n) is 3.84. The largest absolute Gasteiger partial charge is 0.261 e. The van der Waals surface area contributed by atoms with Gasteiger partial charge in [0, 0.05) is 12.2 Å². The first-order chi connectivity index (χ1) is 9.53. The van der Waals surface area contributed by atoms with Crippen LogP contribution in [0.15, 0.2) is 23.4 Å². The molecule has 1 aromatic rings. The van der Waals surface area contributed by atoms with Crippen LogP contribution in [0.4, 0.5) is 4.39 Å². The molecule has 1 heterocycles. The van der Waals surface area contributed by atoms with Crippen LogP contribution in [-0.2, 0) is 10.0 Å². The van der Waals surface area contributed by atoms with Crippen molar-refractivity contribution in [2.45, 2.75) is 56.5 Å². The van der Waals surface area contributed by atoms with Crippen LogP contribution in [0.3, 0.4) is 0 Å². The van der Waals surface area contributed by atoms with Crippen LogP contribution in [-0.4, -0.2) is 19.4 Å². The molecule has 0 atom stereocenters. The van der Waals surface area contributed by atoms with E-state index in [-0.39, 0.29) is 6.04 Å². The zero-order valence-corrected chi connectivity index (χ0v) is 12.5. The number of aromatic nitrogens is 1. The van der Waals surface area contributed by atoms with E-state index in [1.165, 1.54) is 25.1 Å². The molecule has 0 aromatic carbocycles. The summed E-state index contributed by atoms with van der Waals surface area (Å²) < 4.78 is 40.3. The van der Waals surface area contributed by atoms with Crippen LogP contribution in [0.2, 0.25) is 0 Å². The lowest BCUT2D eigenvalue weighted by Crippen LogP contribution is -2.38. The summed E-state index contributed by atoms with van der Waals surface area (Å²) in [7, 11) is -3.86. The number of rotatable bonds is 5. The van der Waals surface area contributed by atoms with Crippen molar-refractivity contribution in [3.63, 3.8) is 0 Å². The summed E-state index contributed by atoms with van der Waals surface area (Å²) in [5, 5.41) is -0.504. The summed E-state index contributed by atoms with van der Waals surface area (Å²) in [6, 6.07) is 2.39. The molecule has 4 nitrogen and oxygen atoms in total.